The van der Waals surface area contributed by atoms with E-state index >= 15 is 0 Å². The second-order valence-corrected chi connectivity index (χ2v) is 5.61. The van der Waals surface area contributed by atoms with E-state index in [0.717, 1.165) is 0 Å². The fourth-order valence-corrected chi connectivity index (χ4v) is 2.33. The van der Waals surface area contributed by atoms with Gasteiger partial charge in [0.05, 0.1) is 5.75 Å². The van der Waals surface area contributed by atoms with Crippen molar-refractivity contribution >= 4 is 10.0 Å². The van der Waals surface area contributed by atoms with Crippen molar-refractivity contribution < 1.29 is 13.2 Å². The molecule has 92 valence electrons. The van der Waals surface area contributed by atoms with Crippen LogP contribution in [0, 0.1) is 5.92 Å². The largest absolute Gasteiger partial charge is 0.384 e. The summed E-state index contributed by atoms with van der Waals surface area (Å²) in [7, 11) is 0.303. The van der Waals surface area contributed by atoms with Gasteiger partial charge in [0, 0.05) is 20.3 Å². The lowest BCUT2D eigenvalue weighted by Gasteiger charge is -2.11. The van der Waals surface area contributed by atoms with Gasteiger partial charge in [0.2, 0.25) is 10.0 Å². The van der Waals surface area contributed by atoms with Gasteiger partial charge >= 0.3 is 0 Å². The number of ether oxygens (including phenoxy) is 1. The second kappa shape index (κ2) is 8.04. The summed E-state index contributed by atoms with van der Waals surface area (Å²) in [6.45, 7) is 3.67. The maximum atomic E-state index is 11.4. The maximum Gasteiger partial charge on any atom is 0.211 e. The van der Waals surface area contributed by atoms with Gasteiger partial charge in [-0.15, -0.1) is 0 Å². The van der Waals surface area contributed by atoms with Crippen molar-refractivity contribution in [1.82, 2.24) is 10.0 Å². The van der Waals surface area contributed by atoms with Crippen molar-refractivity contribution in [3.05, 3.63) is 0 Å². The molecule has 0 heterocycles. The van der Waals surface area contributed by atoms with Crippen molar-refractivity contribution in [1.29, 1.82) is 0 Å². The topological polar surface area (TPSA) is 67.4 Å². The lowest BCUT2D eigenvalue weighted by molar-refractivity contribution is 0.161. The minimum Gasteiger partial charge on any atom is -0.384 e. The predicted molar refractivity (Wildman–Crippen MR) is 61.4 cm³/mol. The highest BCUT2D eigenvalue weighted by Crippen LogP contribution is 1.95. The minimum atomic E-state index is -3.11. The first-order chi connectivity index (χ1) is 7.02. The normalized spacial score (nSPS) is 14.1. The standard InChI is InChI=1S/C9H22N2O3S/c1-9(8-14-3)7-11-15(12,13)6-4-5-10-2/h9-11H,4-8H2,1-3H3. The van der Waals surface area contributed by atoms with Crippen LogP contribution in [0.4, 0.5) is 0 Å². The van der Waals surface area contributed by atoms with E-state index in [-0.39, 0.29) is 11.7 Å². The Morgan fingerprint density at radius 2 is 2.07 bits per heavy atom. The van der Waals surface area contributed by atoms with Gasteiger partial charge in [-0.2, -0.15) is 0 Å². The summed E-state index contributed by atoms with van der Waals surface area (Å²) in [5.41, 5.74) is 0. The molecule has 1 unspecified atom stereocenters. The molecule has 0 amide bonds. The fourth-order valence-electron chi connectivity index (χ4n) is 1.12. The van der Waals surface area contributed by atoms with Crippen LogP contribution in [-0.4, -0.2) is 48.0 Å². The first-order valence-electron chi connectivity index (χ1n) is 5.12. The summed E-state index contributed by atoms with van der Waals surface area (Å²) in [4.78, 5) is 0. The Kier molecular flexibility index (Phi) is 7.95. The van der Waals surface area contributed by atoms with Gasteiger partial charge < -0.3 is 10.1 Å². The summed E-state index contributed by atoms with van der Waals surface area (Å²) >= 11 is 0. The number of methoxy groups -OCH3 is 1. The van der Waals surface area contributed by atoms with Crippen LogP contribution in [0.15, 0.2) is 0 Å². The van der Waals surface area contributed by atoms with Gasteiger partial charge in [-0.1, -0.05) is 6.92 Å². The first-order valence-corrected chi connectivity index (χ1v) is 6.78. The zero-order valence-corrected chi connectivity index (χ0v) is 10.6. The molecule has 6 heteroatoms. The van der Waals surface area contributed by atoms with Gasteiger partial charge in [0.25, 0.3) is 0 Å². The van der Waals surface area contributed by atoms with E-state index in [2.05, 4.69) is 10.0 Å². The zero-order chi connectivity index (χ0) is 11.7. The van der Waals surface area contributed by atoms with Crippen LogP contribution in [0.2, 0.25) is 0 Å². The summed E-state index contributed by atoms with van der Waals surface area (Å²) < 4.78 is 30.4. The number of hydrogen-bond donors (Lipinski definition) is 2. The average Bonchev–Trinajstić information content (AvgIpc) is 2.16. The molecule has 15 heavy (non-hydrogen) atoms. The lowest BCUT2D eigenvalue weighted by Crippen LogP contribution is -2.32. The van der Waals surface area contributed by atoms with Crippen LogP contribution in [0.25, 0.3) is 0 Å². The van der Waals surface area contributed by atoms with Gasteiger partial charge in [-0.05, 0) is 25.9 Å². The zero-order valence-electron chi connectivity index (χ0n) is 9.75. The molecule has 0 spiro atoms. The highest BCUT2D eigenvalue weighted by atomic mass is 32.2. The van der Waals surface area contributed by atoms with Crippen molar-refractivity contribution in [2.75, 3.05) is 39.6 Å². The molecule has 0 saturated carbocycles. The summed E-state index contributed by atoms with van der Waals surface area (Å²) in [6, 6.07) is 0. The monoisotopic (exact) mass is 238 g/mol. The van der Waals surface area contributed by atoms with E-state index < -0.39 is 10.0 Å². The molecule has 0 aromatic rings. The summed E-state index contributed by atoms with van der Waals surface area (Å²) in [6.07, 6.45) is 0.629. The molecule has 0 aliphatic carbocycles. The van der Waals surface area contributed by atoms with E-state index in [1.165, 1.54) is 0 Å². The number of rotatable bonds is 9. The summed E-state index contributed by atoms with van der Waals surface area (Å²) in [5, 5.41) is 2.91. The molecule has 5 nitrogen and oxygen atoms in total. The number of nitrogens with one attached hydrogen (secondary N) is 2. The smallest absolute Gasteiger partial charge is 0.211 e. The van der Waals surface area contributed by atoms with E-state index in [1.54, 1.807) is 14.2 Å². The third kappa shape index (κ3) is 8.80. The molecule has 1 atom stereocenters. The van der Waals surface area contributed by atoms with E-state index in [0.29, 0.717) is 26.1 Å². The average molecular weight is 238 g/mol. The van der Waals surface area contributed by atoms with E-state index in [1.807, 2.05) is 6.92 Å². The van der Waals surface area contributed by atoms with Crippen molar-refractivity contribution in [3.63, 3.8) is 0 Å². The van der Waals surface area contributed by atoms with Crippen molar-refractivity contribution in [3.8, 4) is 0 Å². The molecular formula is C9H22N2O3S. The Balaban J connectivity index is 3.73. The lowest BCUT2D eigenvalue weighted by atomic mass is 10.2. The van der Waals surface area contributed by atoms with Gasteiger partial charge in [-0.25, -0.2) is 13.1 Å². The van der Waals surface area contributed by atoms with Crippen LogP contribution >= 0.6 is 0 Å². The molecule has 0 aromatic carbocycles. The second-order valence-electron chi connectivity index (χ2n) is 3.68. The molecule has 0 radical (unpaired) electrons. The molecule has 0 fully saturated rings. The molecule has 0 saturated heterocycles. The fraction of sp³-hybridized carbons (Fsp3) is 1.00. The van der Waals surface area contributed by atoms with Crippen LogP contribution in [0.3, 0.4) is 0 Å². The maximum absolute atomic E-state index is 11.4. The Labute approximate surface area is 92.6 Å². The Morgan fingerprint density at radius 1 is 1.40 bits per heavy atom. The summed E-state index contributed by atoms with van der Waals surface area (Å²) in [5.74, 6) is 0.377. The molecule has 0 rings (SSSR count). The van der Waals surface area contributed by atoms with Crippen LogP contribution in [-0.2, 0) is 14.8 Å². The van der Waals surface area contributed by atoms with E-state index in [9.17, 15) is 8.42 Å². The van der Waals surface area contributed by atoms with E-state index in [4.69, 9.17) is 4.74 Å². The minimum absolute atomic E-state index is 0.174. The molecule has 0 aliphatic rings. The SMILES string of the molecule is CNCCCS(=O)(=O)NCC(C)COC. The number of sulfonamides is 1. The highest BCUT2D eigenvalue weighted by molar-refractivity contribution is 7.89. The van der Waals surface area contributed by atoms with Crippen molar-refractivity contribution in [2.45, 2.75) is 13.3 Å². The van der Waals surface area contributed by atoms with Gasteiger partial charge in [0.15, 0.2) is 0 Å². The number of hydrogen-bond acceptors (Lipinski definition) is 4. The molecule has 2 N–H and O–H groups in total. The third-order valence-corrected chi connectivity index (χ3v) is 3.38. The van der Waals surface area contributed by atoms with Gasteiger partial charge in [-0.3, -0.25) is 0 Å². The molecule has 0 aliphatic heterocycles. The van der Waals surface area contributed by atoms with Crippen LogP contribution in [0.5, 0.6) is 0 Å². The Bertz CT molecular complexity index is 242. The quantitative estimate of drug-likeness (QED) is 0.546. The van der Waals surface area contributed by atoms with Crippen molar-refractivity contribution in [2.24, 2.45) is 5.92 Å². The van der Waals surface area contributed by atoms with Crippen LogP contribution < -0.4 is 10.0 Å². The predicted octanol–water partition coefficient (Wildman–Crippen LogP) is -0.202. The highest BCUT2D eigenvalue weighted by Gasteiger charge is 2.11. The third-order valence-electron chi connectivity index (χ3n) is 1.94. The Hall–Kier alpha value is -0.170. The molecule has 0 bridgehead atoms. The molecular weight excluding hydrogens is 216 g/mol. The molecule has 0 aromatic heterocycles. The van der Waals surface area contributed by atoms with Gasteiger partial charge in [0.1, 0.15) is 0 Å². The first kappa shape index (κ1) is 14.8. The van der Waals surface area contributed by atoms with Crippen LogP contribution in [0.1, 0.15) is 13.3 Å². The Morgan fingerprint density at radius 3 is 2.60 bits per heavy atom.